The van der Waals surface area contributed by atoms with Crippen LogP contribution in [0.4, 0.5) is 0 Å². The Kier molecular flexibility index (Phi) is 6.57. The number of carbonyl (C=O) groups excluding carboxylic acids is 1. The number of nitrogens with zero attached hydrogens (tertiary/aromatic N) is 3. The summed E-state index contributed by atoms with van der Waals surface area (Å²) in [5, 5.41) is 14.7. The van der Waals surface area contributed by atoms with Crippen LogP contribution in [0.1, 0.15) is 34.5 Å². The number of likely N-dealkylation sites (N-methyl/N-ethyl adjacent to an activating group) is 2. The fraction of sp³-hybridized carbons (Fsp3) is 0.353. The maximum atomic E-state index is 13.3. The number of carbonyl (C=O) groups is 1. The van der Waals surface area contributed by atoms with Gasteiger partial charge in [0.15, 0.2) is 0 Å². The molecule has 32 heavy (non-hydrogen) atoms. The number of hydrogen-bond donors (Lipinski definition) is 1. The first-order valence-corrected chi connectivity index (χ1v) is 13.0. The molecule has 0 saturated heterocycles. The van der Waals surface area contributed by atoms with Crippen molar-refractivity contribution < 1.29 is 31.6 Å². The molecule has 3 rings (SSSR count). The van der Waals surface area contributed by atoms with Crippen molar-refractivity contribution in [3.63, 3.8) is 0 Å². The minimum absolute atomic E-state index is 0.0835. The first kappa shape index (κ1) is 24.1. The van der Waals surface area contributed by atoms with Crippen LogP contribution in [0, 0.1) is 10.1 Å². The molecule has 0 unspecified atom stereocenters. The lowest BCUT2D eigenvalue weighted by atomic mass is 10.1. The van der Waals surface area contributed by atoms with E-state index in [2.05, 4.69) is 4.84 Å². The van der Waals surface area contributed by atoms with Gasteiger partial charge in [0, 0.05) is 31.3 Å². The van der Waals surface area contributed by atoms with Gasteiger partial charge in [0.1, 0.15) is 15.0 Å². The van der Waals surface area contributed by atoms with Gasteiger partial charge in [0.05, 0.1) is 6.04 Å². The maximum absolute atomic E-state index is 13.3. The summed E-state index contributed by atoms with van der Waals surface area (Å²) in [6.45, 7) is 1.47. The van der Waals surface area contributed by atoms with Crippen LogP contribution in [-0.4, -0.2) is 57.2 Å². The molecule has 0 aliphatic carbocycles. The van der Waals surface area contributed by atoms with Crippen LogP contribution in [0.3, 0.4) is 0 Å². The number of benzene rings is 1. The van der Waals surface area contributed by atoms with Crippen LogP contribution in [0.25, 0.3) is 0 Å². The van der Waals surface area contributed by atoms with Gasteiger partial charge in [-0.05, 0) is 30.7 Å². The highest BCUT2D eigenvalue weighted by Gasteiger charge is 2.41. The number of primary sulfonamides is 1. The SMILES string of the molecule is CCN(C(=O)c1cccc(CO[N+](=O)[O-])c1)[C@H]1CN(C)S(=O)(=O)c2sc(S(N)(=O)=O)cc21. The minimum Gasteiger partial charge on any atom is -0.330 e. The molecule has 12 nitrogen and oxygen atoms in total. The molecule has 0 saturated carbocycles. The Labute approximate surface area is 188 Å². The smallest absolute Gasteiger partial charge is 0.294 e. The zero-order chi connectivity index (χ0) is 23.8. The Morgan fingerprint density at radius 3 is 2.69 bits per heavy atom. The second-order valence-electron chi connectivity index (χ2n) is 6.94. The van der Waals surface area contributed by atoms with Crippen molar-refractivity contribution >= 4 is 37.3 Å². The summed E-state index contributed by atoms with van der Waals surface area (Å²) in [6, 6.07) is 6.51. The normalized spacial score (nSPS) is 18.0. The zero-order valence-electron chi connectivity index (χ0n) is 17.0. The summed E-state index contributed by atoms with van der Waals surface area (Å²) in [7, 11) is -6.74. The van der Waals surface area contributed by atoms with Gasteiger partial charge in [-0.1, -0.05) is 12.1 Å². The molecule has 1 aromatic heterocycles. The fourth-order valence-corrected chi connectivity index (χ4v) is 7.41. The van der Waals surface area contributed by atoms with Crippen LogP contribution in [0.5, 0.6) is 0 Å². The van der Waals surface area contributed by atoms with Gasteiger partial charge < -0.3 is 9.74 Å². The third-order valence-corrected chi connectivity index (χ3v) is 9.83. The van der Waals surface area contributed by atoms with Crippen LogP contribution in [0.2, 0.25) is 0 Å². The lowest BCUT2D eigenvalue weighted by Gasteiger charge is -2.37. The second-order valence-corrected chi connectivity index (χ2v) is 12.0. The van der Waals surface area contributed by atoms with E-state index in [0.29, 0.717) is 16.9 Å². The third kappa shape index (κ3) is 4.61. The van der Waals surface area contributed by atoms with Crippen LogP contribution >= 0.6 is 11.3 Å². The lowest BCUT2D eigenvalue weighted by Crippen LogP contribution is -2.45. The van der Waals surface area contributed by atoms with Crippen molar-refractivity contribution in [2.45, 2.75) is 28.0 Å². The second kappa shape index (κ2) is 8.74. The average molecular weight is 505 g/mol. The quantitative estimate of drug-likeness (QED) is 0.429. The third-order valence-electron chi connectivity index (χ3n) is 4.90. The summed E-state index contributed by atoms with van der Waals surface area (Å²) >= 11 is 0.543. The Balaban J connectivity index is 2.02. The van der Waals surface area contributed by atoms with Gasteiger partial charge in [-0.2, -0.15) is 4.31 Å². The maximum Gasteiger partial charge on any atom is 0.294 e. The average Bonchev–Trinajstić information content (AvgIpc) is 3.18. The van der Waals surface area contributed by atoms with E-state index in [1.54, 1.807) is 19.1 Å². The molecule has 2 N–H and O–H groups in total. The topological polar surface area (TPSA) is 170 Å². The van der Waals surface area contributed by atoms with Crippen LogP contribution in [-0.2, 0) is 31.5 Å². The van der Waals surface area contributed by atoms with Crippen molar-refractivity contribution in [3.8, 4) is 0 Å². The molecule has 15 heteroatoms. The summed E-state index contributed by atoms with van der Waals surface area (Å²) in [5.74, 6) is -0.456. The summed E-state index contributed by atoms with van der Waals surface area (Å²) in [5.41, 5.74) is 0.802. The molecule has 2 aromatic rings. The Hall–Kier alpha value is -2.59. The van der Waals surface area contributed by atoms with E-state index in [9.17, 15) is 31.7 Å². The van der Waals surface area contributed by atoms with Crippen molar-refractivity contribution in [2.75, 3.05) is 20.1 Å². The van der Waals surface area contributed by atoms with E-state index in [1.165, 1.54) is 30.1 Å². The molecule has 0 spiro atoms. The Morgan fingerprint density at radius 2 is 2.09 bits per heavy atom. The largest absolute Gasteiger partial charge is 0.330 e. The molecular weight excluding hydrogens is 484 g/mol. The van der Waals surface area contributed by atoms with Gasteiger partial charge in [0.2, 0.25) is 10.0 Å². The minimum atomic E-state index is -4.15. The molecule has 1 amide bonds. The van der Waals surface area contributed by atoms with Gasteiger partial charge in [0.25, 0.3) is 21.0 Å². The number of nitrogens with two attached hydrogens (primary N) is 1. The highest BCUT2D eigenvalue weighted by Crippen LogP contribution is 2.42. The summed E-state index contributed by atoms with van der Waals surface area (Å²) < 4.78 is 49.7. The van der Waals surface area contributed by atoms with E-state index < -0.39 is 37.1 Å². The van der Waals surface area contributed by atoms with Crippen LogP contribution in [0.15, 0.2) is 38.8 Å². The number of rotatable bonds is 7. The van der Waals surface area contributed by atoms with E-state index in [-0.39, 0.29) is 39.2 Å². The van der Waals surface area contributed by atoms with Crippen molar-refractivity contribution in [1.82, 2.24) is 9.21 Å². The molecule has 0 fully saturated rings. The van der Waals surface area contributed by atoms with E-state index >= 15 is 0 Å². The summed E-state index contributed by atoms with van der Waals surface area (Å²) in [6.07, 6.45) is 0. The van der Waals surface area contributed by atoms with Gasteiger partial charge in [-0.25, -0.2) is 22.0 Å². The zero-order valence-corrected chi connectivity index (χ0v) is 19.4. The molecule has 1 aliphatic heterocycles. The predicted octanol–water partition coefficient (Wildman–Crippen LogP) is 0.941. The molecule has 0 radical (unpaired) electrons. The standard InChI is InChI=1S/C17H20N4O8S3/c1-3-20(16(22)12-6-4-5-11(7-12)10-29-21(23)24)14-9-19(2)32(27,28)17-13(14)8-15(30-17)31(18,25)26/h4-8,14H,3,9-10H2,1-2H3,(H2,18,25,26)/t14-/m0/s1. The first-order chi connectivity index (χ1) is 14.9. The van der Waals surface area contributed by atoms with E-state index in [4.69, 9.17) is 5.14 Å². The Morgan fingerprint density at radius 1 is 1.41 bits per heavy atom. The number of sulfonamides is 2. The molecule has 0 bridgehead atoms. The predicted molar refractivity (Wildman–Crippen MR) is 113 cm³/mol. The number of hydrogen-bond acceptors (Lipinski definition) is 9. The molecular formula is C17H20N4O8S3. The van der Waals surface area contributed by atoms with E-state index in [0.717, 1.165) is 4.31 Å². The Bertz CT molecular complexity index is 1270. The lowest BCUT2D eigenvalue weighted by molar-refractivity contribution is -0.763. The van der Waals surface area contributed by atoms with Crippen molar-refractivity contribution in [2.24, 2.45) is 5.14 Å². The molecule has 1 atom stereocenters. The highest BCUT2D eigenvalue weighted by molar-refractivity contribution is 7.94. The van der Waals surface area contributed by atoms with Crippen LogP contribution < -0.4 is 5.14 Å². The first-order valence-electron chi connectivity index (χ1n) is 9.16. The highest BCUT2D eigenvalue weighted by atomic mass is 32.3. The van der Waals surface area contributed by atoms with E-state index in [1.807, 2.05) is 0 Å². The van der Waals surface area contributed by atoms with Gasteiger partial charge in [-0.15, -0.1) is 21.5 Å². The molecule has 174 valence electrons. The monoisotopic (exact) mass is 504 g/mol. The molecule has 1 aromatic carbocycles. The number of amides is 1. The van der Waals surface area contributed by atoms with Gasteiger partial charge in [-0.3, -0.25) is 4.79 Å². The number of thiophene rings is 1. The molecule has 1 aliphatic rings. The van der Waals surface area contributed by atoms with Gasteiger partial charge >= 0.3 is 0 Å². The fourth-order valence-electron chi connectivity index (χ4n) is 3.38. The molecule has 2 heterocycles. The van der Waals surface area contributed by atoms with Crippen molar-refractivity contribution in [3.05, 3.63) is 57.1 Å². The summed E-state index contributed by atoms with van der Waals surface area (Å²) in [4.78, 5) is 29.5. The number of fused-ring (bicyclic) bond motifs is 1. The van der Waals surface area contributed by atoms with Crippen molar-refractivity contribution in [1.29, 1.82) is 0 Å².